The Balaban J connectivity index is 1.60. The highest BCUT2D eigenvalue weighted by Crippen LogP contribution is 2.36. The Labute approximate surface area is 152 Å². The van der Waals surface area contributed by atoms with E-state index in [1.165, 1.54) is 0 Å². The molecule has 0 bridgehead atoms. The first-order valence-corrected chi connectivity index (χ1v) is 8.64. The van der Waals surface area contributed by atoms with E-state index in [0.717, 1.165) is 12.0 Å². The number of hydrogen-bond donors (Lipinski definition) is 3. The lowest BCUT2D eigenvalue weighted by atomic mass is 9.88. The van der Waals surface area contributed by atoms with Crippen molar-refractivity contribution in [1.82, 2.24) is 5.32 Å². The molecule has 2 amide bonds. The molecular weight excluding hydrogens is 332 g/mol. The van der Waals surface area contributed by atoms with Crippen molar-refractivity contribution in [3.8, 4) is 5.75 Å². The van der Waals surface area contributed by atoms with Gasteiger partial charge in [-0.3, -0.25) is 9.59 Å². The van der Waals surface area contributed by atoms with Gasteiger partial charge in [0, 0.05) is 17.7 Å². The normalized spacial score (nSPS) is 18.4. The molecule has 1 aliphatic heterocycles. The van der Waals surface area contributed by atoms with Crippen LogP contribution < -0.4 is 15.4 Å². The van der Waals surface area contributed by atoms with Gasteiger partial charge in [0.1, 0.15) is 11.4 Å². The number of anilines is 1. The monoisotopic (exact) mass is 354 g/mol. The van der Waals surface area contributed by atoms with Gasteiger partial charge >= 0.3 is 11.8 Å². The fraction of sp³-hybridized carbons (Fsp3) is 0.300. The zero-order valence-electron chi connectivity index (χ0n) is 14.6. The Kier molecular flexibility index (Phi) is 5.23. The minimum Gasteiger partial charge on any atom is -0.493 e. The van der Waals surface area contributed by atoms with Gasteiger partial charge in [0.25, 0.3) is 0 Å². The van der Waals surface area contributed by atoms with Crippen molar-refractivity contribution in [3.63, 3.8) is 0 Å². The number of hydrogen-bond acceptors (Lipinski definition) is 4. The Morgan fingerprint density at radius 1 is 1.12 bits per heavy atom. The van der Waals surface area contributed by atoms with Crippen LogP contribution in [0.2, 0.25) is 0 Å². The summed E-state index contributed by atoms with van der Waals surface area (Å²) in [5, 5.41) is 16.0. The largest absolute Gasteiger partial charge is 0.493 e. The molecule has 1 aliphatic rings. The minimum absolute atomic E-state index is 0.0611. The topological polar surface area (TPSA) is 87.7 Å². The maximum absolute atomic E-state index is 12.1. The van der Waals surface area contributed by atoms with Crippen molar-refractivity contribution in [1.29, 1.82) is 0 Å². The average Bonchev–Trinajstić information content (AvgIpc) is 2.67. The van der Waals surface area contributed by atoms with Gasteiger partial charge in [0.15, 0.2) is 0 Å². The second kappa shape index (κ2) is 7.58. The van der Waals surface area contributed by atoms with Crippen molar-refractivity contribution < 1.29 is 19.4 Å². The summed E-state index contributed by atoms with van der Waals surface area (Å²) in [5.74, 6) is -0.962. The van der Waals surface area contributed by atoms with Crippen molar-refractivity contribution in [2.24, 2.45) is 0 Å². The lowest BCUT2D eigenvalue weighted by molar-refractivity contribution is -0.137. The third-order valence-electron chi connectivity index (χ3n) is 4.53. The van der Waals surface area contributed by atoms with Crippen molar-refractivity contribution in [3.05, 3.63) is 59.7 Å². The van der Waals surface area contributed by atoms with E-state index in [2.05, 4.69) is 10.6 Å². The van der Waals surface area contributed by atoms with Gasteiger partial charge in [-0.25, -0.2) is 0 Å². The number of nitrogens with one attached hydrogen (secondary N) is 2. The SMILES string of the molecule is CCc1ccc(NC(=O)C(=O)NCC2(O)CCOc3ccccc32)cc1. The van der Waals surface area contributed by atoms with Crippen molar-refractivity contribution >= 4 is 17.5 Å². The summed E-state index contributed by atoms with van der Waals surface area (Å²) in [5.41, 5.74) is 1.06. The molecule has 0 saturated heterocycles. The minimum atomic E-state index is -1.26. The molecule has 0 spiro atoms. The highest BCUT2D eigenvalue weighted by molar-refractivity contribution is 6.39. The molecule has 26 heavy (non-hydrogen) atoms. The second-order valence-corrected chi connectivity index (χ2v) is 6.31. The summed E-state index contributed by atoms with van der Waals surface area (Å²) in [7, 11) is 0. The molecule has 1 atom stereocenters. The van der Waals surface area contributed by atoms with E-state index in [4.69, 9.17) is 4.74 Å². The van der Waals surface area contributed by atoms with Crippen LogP contribution in [-0.4, -0.2) is 30.1 Å². The smallest absolute Gasteiger partial charge is 0.313 e. The van der Waals surface area contributed by atoms with E-state index < -0.39 is 17.4 Å². The first kappa shape index (κ1) is 17.9. The fourth-order valence-electron chi connectivity index (χ4n) is 2.94. The second-order valence-electron chi connectivity index (χ2n) is 6.31. The number of ether oxygens (including phenoxy) is 1. The predicted octanol–water partition coefficient (Wildman–Crippen LogP) is 1.97. The van der Waals surface area contributed by atoms with Crippen LogP contribution in [0.5, 0.6) is 5.75 Å². The average molecular weight is 354 g/mol. The van der Waals surface area contributed by atoms with Gasteiger partial charge in [-0.1, -0.05) is 37.3 Å². The Hall–Kier alpha value is -2.86. The highest BCUT2D eigenvalue weighted by atomic mass is 16.5. The van der Waals surface area contributed by atoms with Gasteiger partial charge in [-0.15, -0.1) is 0 Å². The third kappa shape index (κ3) is 3.86. The summed E-state index contributed by atoms with van der Waals surface area (Å²) in [6.07, 6.45) is 1.24. The first-order valence-electron chi connectivity index (χ1n) is 8.64. The molecule has 2 aromatic rings. The van der Waals surface area contributed by atoms with E-state index in [0.29, 0.717) is 30.0 Å². The van der Waals surface area contributed by atoms with Gasteiger partial charge in [0.2, 0.25) is 0 Å². The Morgan fingerprint density at radius 2 is 1.85 bits per heavy atom. The quantitative estimate of drug-likeness (QED) is 0.733. The molecule has 136 valence electrons. The number of carbonyl (C=O) groups is 2. The molecule has 2 aromatic carbocycles. The highest BCUT2D eigenvalue weighted by Gasteiger charge is 2.36. The molecule has 0 saturated carbocycles. The number of carbonyl (C=O) groups excluding carboxylic acids is 2. The summed E-state index contributed by atoms with van der Waals surface area (Å²) in [4.78, 5) is 24.2. The van der Waals surface area contributed by atoms with Crippen LogP contribution in [-0.2, 0) is 21.6 Å². The van der Waals surface area contributed by atoms with E-state index in [1.807, 2.05) is 25.1 Å². The molecule has 0 aliphatic carbocycles. The van der Waals surface area contributed by atoms with Gasteiger partial charge in [0.05, 0.1) is 13.2 Å². The van der Waals surface area contributed by atoms with E-state index in [-0.39, 0.29) is 6.54 Å². The standard InChI is InChI=1S/C20H22N2O4/c1-2-14-7-9-15(10-8-14)22-19(24)18(23)21-13-20(25)11-12-26-17-6-4-3-5-16(17)20/h3-10,25H,2,11-13H2,1H3,(H,21,23)(H,22,24). The summed E-state index contributed by atoms with van der Waals surface area (Å²) in [6.45, 7) is 2.33. The summed E-state index contributed by atoms with van der Waals surface area (Å²) < 4.78 is 5.52. The molecule has 6 heteroatoms. The number of benzene rings is 2. The molecule has 0 aromatic heterocycles. The van der Waals surface area contributed by atoms with Crippen LogP contribution in [0.25, 0.3) is 0 Å². The zero-order valence-corrected chi connectivity index (χ0v) is 14.6. The van der Waals surface area contributed by atoms with E-state index in [1.54, 1.807) is 30.3 Å². The fourth-order valence-corrected chi connectivity index (χ4v) is 2.94. The number of fused-ring (bicyclic) bond motifs is 1. The van der Waals surface area contributed by atoms with Gasteiger partial charge < -0.3 is 20.5 Å². The maximum Gasteiger partial charge on any atom is 0.313 e. The van der Waals surface area contributed by atoms with Gasteiger partial charge in [-0.2, -0.15) is 0 Å². The summed E-state index contributed by atoms with van der Waals surface area (Å²) >= 11 is 0. The van der Waals surface area contributed by atoms with Crippen LogP contribution in [0.3, 0.4) is 0 Å². The van der Waals surface area contributed by atoms with E-state index in [9.17, 15) is 14.7 Å². The van der Waals surface area contributed by atoms with Crippen LogP contribution in [0.15, 0.2) is 48.5 Å². The lowest BCUT2D eigenvalue weighted by Crippen LogP contribution is -2.46. The van der Waals surface area contributed by atoms with Crippen LogP contribution in [0.1, 0.15) is 24.5 Å². The van der Waals surface area contributed by atoms with Crippen molar-refractivity contribution in [2.75, 3.05) is 18.5 Å². The zero-order chi connectivity index (χ0) is 18.6. The van der Waals surface area contributed by atoms with E-state index >= 15 is 0 Å². The number of amides is 2. The number of aliphatic hydroxyl groups is 1. The molecule has 1 heterocycles. The summed E-state index contributed by atoms with van der Waals surface area (Å²) in [6, 6.07) is 14.5. The molecule has 1 unspecified atom stereocenters. The van der Waals surface area contributed by atoms with Crippen molar-refractivity contribution in [2.45, 2.75) is 25.4 Å². The first-order chi connectivity index (χ1) is 12.5. The number of rotatable bonds is 4. The van der Waals surface area contributed by atoms with Crippen LogP contribution in [0, 0.1) is 0 Å². The molecule has 6 nitrogen and oxygen atoms in total. The van der Waals surface area contributed by atoms with Crippen LogP contribution >= 0.6 is 0 Å². The molecule has 0 fully saturated rings. The third-order valence-corrected chi connectivity index (χ3v) is 4.53. The maximum atomic E-state index is 12.1. The molecule has 0 radical (unpaired) electrons. The van der Waals surface area contributed by atoms with Gasteiger partial charge in [-0.05, 0) is 30.2 Å². The molecule has 3 rings (SSSR count). The number of aryl methyl sites for hydroxylation is 1. The molecular formula is C20H22N2O4. The Morgan fingerprint density at radius 3 is 2.58 bits per heavy atom. The predicted molar refractivity (Wildman–Crippen MR) is 97.9 cm³/mol. The van der Waals surface area contributed by atoms with Crippen LogP contribution in [0.4, 0.5) is 5.69 Å². The number of para-hydroxylation sites is 1. The lowest BCUT2D eigenvalue weighted by Gasteiger charge is -2.34. The Bertz CT molecular complexity index is 804. The molecule has 3 N–H and O–H groups in total.